The summed E-state index contributed by atoms with van der Waals surface area (Å²) in [5.74, 6) is 1.39. The van der Waals surface area contributed by atoms with E-state index in [9.17, 15) is 9.59 Å². The second-order valence-corrected chi connectivity index (χ2v) is 7.06. The van der Waals surface area contributed by atoms with Gasteiger partial charge < -0.3 is 14.2 Å². The fourth-order valence-electron chi connectivity index (χ4n) is 3.71. The molecule has 8 heteroatoms. The van der Waals surface area contributed by atoms with Crippen molar-refractivity contribution in [3.8, 4) is 5.75 Å². The maximum atomic E-state index is 13.1. The Labute approximate surface area is 173 Å². The molecule has 0 amide bonds. The number of ether oxygens (including phenoxy) is 1. The molecule has 0 radical (unpaired) electrons. The van der Waals surface area contributed by atoms with Crippen LogP contribution in [0, 0.1) is 0 Å². The summed E-state index contributed by atoms with van der Waals surface area (Å²) in [7, 11) is 1.65. The maximum Gasteiger partial charge on any atom is 0.332 e. The third kappa shape index (κ3) is 3.14. The highest BCUT2D eigenvalue weighted by atomic mass is 16.5. The van der Waals surface area contributed by atoms with Crippen LogP contribution in [0.2, 0.25) is 0 Å². The van der Waals surface area contributed by atoms with Gasteiger partial charge in [-0.25, -0.2) is 4.79 Å². The van der Waals surface area contributed by atoms with Crippen LogP contribution in [0.15, 0.2) is 58.2 Å². The average molecular weight is 407 g/mol. The van der Waals surface area contributed by atoms with Gasteiger partial charge >= 0.3 is 5.69 Å². The number of fused-ring (bicyclic) bond motifs is 3. The molecule has 3 heterocycles. The number of nitrogens with zero attached hydrogens (tertiary/aromatic N) is 5. The van der Waals surface area contributed by atoms with Crippen molar-refractivity contribution in [1.82, 2.24) is 18.7 Å². The van der Waals surface area contributed by atoms with E-state index in [0.29, 0.717) is 36.8 Å². The van der Waals surface area contributed by atoms with Crippen molar-refractivity contribution < 1.29 is 4.74 Å². The first kappa shape index (κ1) is 19.8. The van der Waals surface area contributed by atoms with E-state index in [0.717, 1.165) is 11.4 Å². The molecule has 2 aromatic heterocycles. The van der Waals surface area contributed by atoms with Gasteiger partial charge in [-0.1, -0.05) is 36.4 Å². The number of anilines is 2. The zero-order chi connectivity index (χ0) is 21.3. The zero-order valence-corrected chi connectivity index (χ0v) is 17.4. The zero-order valence-electron chi connectivity index (χ0n) is 17.4. The molecule has 0 atom stereocenters. The fraction of sp³-hybridized carbons (Fsp3) is 0.318. The molecule has 30 heavy (non-hydrogen) atoms. The summed E-state index contributed by atoms with van der Waals surface area (Å²) >= 11 is 0. The molecule has 0 aliphatic carbocycles. The lowest BCUT2D eigenvalue weighted by Crippen LogP contribution is -2.39. The lowest BCUT2D eigenvalue weighted by atomic mass is 10.2. The Balaban J connectivity index is 1.85. The van der Waals surface area contributed by atoms with Gasteiger partial charge in [0, 0.05) is 26.7 Å². The monoisotopic (exact) mass is 407 g/mol. The van der Waals surface area contributed by atoms with Crippen molar-refractivity contribution in [1.29, 1.82) is 0 Å². The Morgan fingerprint density at radius 1 is 1.10 bits per heavy atom. The molecule has 1 aromatic carbocycles. The lowest BCUT2D eigenvalue weighted by molar-refractivity contribution is 0.363. The predicted molar refractivity (Wildman–Crippen MR) is 118 cm³/mol. The van der Waals surface area contributed by atoms with E-state index in [1.54, 1.807) is 13.1 Å². The first-order chi connectivity index (χ1) is 14.6. The molecule has 0 fully saturated rings. The Bertz CT molecular complexity index is 1260. The summed E-state index contributed by atoms with van der Waals surface area (Å²) in [6, 6.07) is 7.77. The highest BCUT2D eigenvalue weighted by Gasteiger charge is 2.29. The number of hydrogen-bond acceptors (Lipinski definition) is 5. The summed E-state index contributed by atoms with van der Waals surface area (Å²) in [6.07, 6.45) is 7.50. The van der Waals surface area contributed by atoms with Crippen LogP contribution in [-0.2, 0) is 20.1 Å². The molecule has 0 unspecified atom stereocenters. The number of rotatable bonds is 6. The number of aromatic nitrogens is 4. The van der Waals surface area contributed by atoms with Gasteiger partial charge in [0.25, 0.3) is 5.56 Å². The van der Waals surface area contributed by atoms with Gasteiger partial charge in [0.1, 0.15) is 12.4 Å². The minimum atomic E-state index is -0.371. The van der Waals surface area contributed by atoms with Gasteiger partial charge in [0.15, 0.2) is 11.2 Å². The lowest BCUT2D eigenvalue weighted by Gasteiger charge is -2.19. The number of para-hydroxylation sites is 2. The van der Waals surface area contributed by atoms with Gasteiger partial charge in [-0.05, 0) is 26.0 Å². The number of benzene rings is 1. The van der Waals surface area contributed by atoms with E-state index < -0.39 is 0 Å². The van der Waals surface area contributed by atoms with Crippen LogP contribution < -0.4 is 20.9 Å². The van der Waals surface area contributed by atoms with E-state index in [-0.39, 0.29) is 17.8 Å². The van der Waals surface area contributed by atoms with E-state index in [4.69, 9.17) is 4.74 Å². The summed E-state index contributed by atoms with van der Waals surface area (Å²) in [4.78, 5) is 32.5. The van der Waals surface area contributed by atoms with Crippen molar-refractivity contribution in [2.24, 2.45) is 7.05 Å². The van der Waals surface area contributed by atoms with E-state index in [1.165, 1.54) is 9.13 Å². The molecule has 0 bridgehead atoms. The van der Waals surface area contributed by atoms with E-state index >= 15 is 0 Å². The van der Waals surface area contributed by atoms with Crippen molar-refractivity contribution in [2.75, 3.05) is 18.1 Å². The molecule has 156 valence electrons. The van der Waals surface area contributed by atoms with Crippen LogP contribution in [0.3, 0.4) is 0 Å². The predicted octanol–water partition coefficient (Wildman–Crippen LogP) is 2.58. The van der Waals surface area contributed by atoms with Gasteiger partial charge in [0.05, 0.1) is 5.69 Å². The Hall–Kier alpha value is -3.55. The van der Waals surface area contributed by atoms with Gasteiger partial charge in [-0.3, -0.25) is 13.9 Å². The van der Waals surface area contributed by atoms with Crippen molar-refractivity contribution >= 4 is 22.8 Å². The molecule has 0 saturated carbocycles. The van der Waals surface area contributed by atoms with Crippen LogP contribution in [0.25, 0.3) is 11.2 Å². The normalized spacial score (nSPS) is 13.8. The van der Waals surface area contributed by atoms with E-state index in [1.807, 2.05) is 65.8 Å². The quantitative estimate of drug-likeness (QED) is 0.587. The SMILES string of the molecule is C/C=C/COc1ccccc1N1CCn2c1nc1c2c(=O)n(C/C=C/C)c(=O)n1C. The summed E-state index contributed by atoms with van der Waals surface area (Å²) in [5.41, 5.74) is 1.05. The number of allylic oxidation sites excluding steroid dienone is 3. The highest BCUT2D eigenvalue weighted by Crippen LogP contribution is 2.37. The van der Waals surface area contributed by atoms with Crippen molar-refractivity contribution in [3.05, 3.63) is 69.4 Å². The Morgan fingerprint density at radius 2 is 1.87 bits per heavy atom. The molecule has 0 spiro atoms. The first-order valence-electron chi connectivity index (χ1n) is 10.00. The first-order valence-corrected chi connectivity index (χ1v) is 10.00. The second-order valence-electron chi connectivity index (χ2n) is 7.06. The molecule has 3 aromatic rings. The molecule has 1 aliphatic rings. The van der Waals surface area contributed by atoms with Crippen LogP contribution >= 0.6 is 0 Å². The van der Waals surface area contributed by atoms with Crippen LogP contribution in [0.1, 0.15) is 13.8 Å². The number of imidazole rings is 1. The fourth-order valence-corrected chi connectivity index (χ4v) is 3.71. The standard InChI is InChI=1S/C22H25N5O3/c1-4-6-12-27-20(28)18-19(24(3)22(27)29)23-21-25(13-14-26(18)21)16-10-8-9-11-17(16)30-15-7-5-2/h4-11H,12-15H2,1-3H3/b6-4+,7-5+. The third-order valence-corrected chi connectivity index (χ3v) is 5.25. The summed E-state index contributed by atoms with van der Waals surface area (Å²) in [6.45, 7) is 5.79. The maximum absolute atomic E-state index is 13.1. The highest BCUT2D eigenvalue weighted by molar-refractivity contribution is 5.79. The molecule has 0 saturated heterocycles. The van der Waals surface area contributed by atoms with Gasteiger partial charge in [-0.2, -0.15) is 4.98 Å². The molecular formula is C22H25N5O3. The molecule has 4 rings (SSSR count). The summed E-state index contributed by atoms with van der Waals surface area (Å²) in [5, 5.41) is 0. The smallest absolute Gasteiger partial charge is 0.332 e. The van der Waals surface area contributed by atoms with E-state index in [2.05, 4.69) is 4.98 Å². The largest absolute Gasteiger partial charge is 0.487 e. The van der Waals surface area contributed by atoms with Crippen LogP contribution in [0.4, 0.5) is 11.6 Å². The summed E-state index contributed by atoms with van der Waals surface area (Å²) < 4.78 is 10.5. The van der Waals surface area contributed by atoms with Crippen LogP contribution in [0.5, 0.6) is 5.75 Å². The average Bonchev–Trinajstić information content (AvgIpc) is 3.32. The number of hydrogen-bond donors (Lipinski definition) is 0. The molecule has 1 aliphatic heterocycles. The second kappa shape index (κ2) is 8.06. The Kier molecular flexibility index (Phi) is 5.31. The Morgan fingerprint density at radius 3 is 2.63 bits per heavy atom. The third-order valence-electron chi connectivity index (χ3n) is 5.25. The van der Waals surface area contributed by atoms with Crippen LogP contribution in [-0.4, -0.2) is 31.8 Å². The van der Waals surface area contributed by atoms with Crippen molar-refractivity contribution in [2.45, 2.75) is 26.9 Å². The van der Waals surface area contributed by atoms with Crippen molar-refractivity contribution in [3.63, 3.8) is 0 Å². The number of aryl methyl sites for hydroxylation is 1. The van der Waals surface area contributed by atoms with Gasteiger partial charge in [-0.15, -0.1) is 0 Å². The van der Waals surface area contributed by atoms with Gasteiger partial charge in [0.2, 0.25) is 5.95 Å². The topological polar surface area (TPSA) is 74.3 Å². The molecule has 8 nitrogen and oxygen atoms in total. The minimum absolute atomic E-state index is 0.240. The molecule has 0 N–H and O–H groups in total. The molecular weight excluding hydrogens is 382 g/mol. The minimum Gasteiger partial charge on any atom is -0.487 e.